The highest BCUT2D eigenvalue weighted by Gasteiger charge is 2.57. The Bertz CT molecular complexity index is 1560. The van der Waals surface area contributed by atoms with Crippen LogP contribution in [0.4, 0.5) is 0 Å². The van der Waals surface area contributed by atoms with Gasteiger partial charge in [0.25, 0.3) is 0 Å². The van der Waals surface area contributed by atoms with Gasteiger partial charge in [0.05, 0.1) is 23.6 Å². The van der Waals surface area contributed by atoms with Crippen molar-refractivity contribution in [2.75, 3.05) is 6.26 Å². The van der Waals surface area contributed by atoms with E-state index in [0.717, 1.165) is 28.8 Å². The summed E-state index contributed by atoms with van der Waals surface area (Å²) in [7, 11) is -3.76. The van der Waals surface area contributed by atoms with Gasteiger partial charge >= 0.3 is 5.97 Å². The van der Waals surface area contributed by atoms with Crippen LogP contribution in [0.3, 0.4) is 0 Å². The lowest BCUT2D eigenvalue weighted by molar-refractivity contribution is -0.147. The van der Waals surface area contributed by atoms with E-state index < -0.39 is 33.0 Å². The number of amides is 1. The molecule has 2 N–H and O–H groups in total. The number of carboxylic acid groups (broad SMARTS) is 1. The van der Waals surface area contributed by atoms with Crippen LogP contribution in [0, 0.1) is 11.3 Å². The number of rotatable bonds is 11. The SMILES string of the molecule is C[C@@]1(CC(=O)O)C[C@H](c2cccc(Cl)c2)[C@H](C[C@@](c2ccc(Cl)cc2)(C2CC2)N(Cc2cccs2)S(C)(=O)=O)NC1=O. The Morgan fingerprint density at radius 1 is 1.12 bits per heavy atom. The number of nitrogens with zero attached hydrogens (tertiary/aromatic N) is 1. The zero-order chi connectivity index (χ0) is 30.3. The van der Waals surface area contributed by atoms with Crippen LogP contribution < -0.4 is 5.32 Å². The molecule has 2 aromatic carbocycles. The Kier molecular flexibility index (Phi) is 8.80. The highest BCUT2D eigenvalue weighted by atomic mass is 35.5. The van der Waals surface area contributed by atoms with Gasteiger partial charge in [0.15, 0.2) is 0 Å². The van der Waals surface area contributed by atoms with Gasteiger partial charge in [-0.15, -0.1) is 11.3 Å². The van der Waals surface area contributed by atoms with Crippen molar-refractivity contribution in [2.24, 2.45) is 11.3 Å². The van der Waals surface area contributed by atoms with Crippen molar-refractivity contribution >= 4 is 56.4 Å². The third-order valence-corrected chi connectivity index (χ3v) is 11.3. The predicted octanol–water partition coefficient (Wildman–Crippen LogP) is 6.67. The summed E-state index contributed by atoms with van der Waals surface area (Å²) in [6.07, 6.45) is 3.16. The summed E-state index contributed by atoms with van der Waals surface area (Å²) in [6.45, 7) is 1.87. The molecule has 1 saturated carbocycles. The van der Waals surface area contributed by atoms with Gasteiger partial charge in [-0.05, 0) is 78.4 Å². The monoisotopic (exact) mass is 648 g/mol. The van der Waals surface area contributed by atoms with Gasteiger partial charge in [0, 0.05) is 33.4 Å². The van der Waals surface area contributed by atoms with Crippen LogP contribution in [0.15, 0.2) is 66.0 Å². The number of hydrogen-bond acceptors (Lipinski definition) is 5. The summed E-state index contributed by atoms with van der Waals surface area (Å²) in [4.78, 5) is 26.3. The Morgan fingerprint density at radius 2 is 1.83 bits per heavy atom. The molecule has 224 valence electrons. The minimum absolute atomic E-state index is 0.0117. The molecule has 11 heteroatoms. The number of sulfonamides is 1. The van der Waals surface area contributed by atoms with Crippen molar-refractivity contribution in [3.63, 3.8) is 0 Å². The molecular weight excluding hydrogens is 615 g/mol. The first-order valence-electron chi connectivity index (χ1n) is 13.9. The maximum atomic E-state index is 13.7. The molecule has 5 rings (SSSR count). The van der Waals surface area contributed by atoms with E-state index in [1.165, 1.54) is 17.6 Å². The Hall–Kier alpha value is -2.43. The van der Waals surface area contributed by atoms with Crippen molar-refractivity contribution in [3.05, 3.63) is 92.1 Å². The van der Waals surface area contributed by atoms with Crippen molar-refractivity contribution in [3.8, 4) is 0 Å². The van der Waals surface area contributed by atoms with Gasteiger partial charge in [0.1, 0.15) is 0 Å². The second-order valence-corrected chi connectivity index (χ2v) is 15.6. The molecule has 4 atom stereocenters. The largest absolute Gasteiger partial charge is 0.481 e. The van der Waals surface area contributed by atoms with Crippen LogP contribution in [-0.4, -0.2) is 42.0 Å². The second kappa shape index (κ2) is 11.9. The topological polar surface area (TPSA) is 104 Å². The van der Waals surface area contributed by atoms with Crippen LogP contribution in [-0.2, 0) is 31.7 Å². The molecule has 2 fully saturated rings. The van der Waals surface area contributed by atoms with Crippen LogP contribution in [0.1, 0.15) is 60.9 Å². The summed E-state index contributed by atoms with van der Waals surface area (Å²) in [5, 5.41) is 15.8. The van der Waals surface area contributed by atoms with E-state index in [1.54, 1.807) is 29.4 Å². The molecule has 7 nitrogen and oxygen atoms in total. The first-order chi connectivity index (χ1) is 19.8. The third-order valence-electron chi connectivity index (χ3n) is 8.69. The van der Waals surface area contributed by atoms with Gasteiger partial charge in [0.2, 0.25) is 15.9 Å². The molecule has 1 aliphatic heterocycles. The van der Waals surface area contributed by atoms with Crippen molar-refractivity contribution in [1.29, 1.82) is 0 Å². The quantitative estimate of drug-likeness (QED) is 0.242. The molecule has 0 spiro atoms. The molecule has 0 radical (unpaired) electrons. The number of benzene rings is 2. The fraction of sp³-hybridized carbons (Fsp3) is 0.419. The van der Waals surface area contributed by atoms with Gasteiger partial charge in [-0.2, -0.15) is 4.31 Å². The molecule has 2 aliphatic rings. The van der Waals surface area contributed by atoms with Crippen LogP contribution in [0.2, 0.25) is 10.0 Å². The molecule has 1 aliphatic carbocycles. The number of piperidine rings is 1. The molecular formula is C31H34Cl2N2O5S2. The third kappa shape index (κ3) is 6.40. The van der Waals surface area contributed by atoms with Gasteiger partial charge in [-0.25, -0.2) is 8.42 Å². The van der Waals surface area contributed by atoms with E-state index in [9.17, 15) is 23.1 Å². The summed E-state index contributed by atoms with van der Waals surface area (Å²) >= 11 is 14.2. The number of aliphatic carboxylic acids is 1. The highest BCUT2D eigenvalue weighted by Crippen LogP contribution is 2.56. The number of carbonyl (C=O) groups excluding carboxylic acids is 1. The average molecular weight is 650 g/mol. The summed E-state index contributed by atoms with van der Waals surface area (Å²) in [5.41, 5.74) is -0.452. The molecule has 42 heavy (non-hydrogen) atoms. The van der Waals surface area contributed by atoms with E-state index >= 15 is 0 Å². The molecule has 1 aromatic heterocycles. The van der Waals surface area contributed by atoms with Gasteiger partial charge < -0.3 is 10.4 Å². The summed E-state index contributed by atoms with van der Waals surface area (Å²) in [6, 6.07) is 18.1. The fourth-order valence-corrected chi connectivity index (χ4v) is 9.03. The first kappa shape index (κ1) is 31.0. The molecule has 1 saturated heterocycles. The Balaban J connectivity index is 1.67. The van der Waals surface area contributed by atoms with Crippen molar-refractivity contribution < 1.29 is 23.1 Å². The van der Waals surface area contributed by atoms with Crippen LogP contribution in [0.5, 0.6) is 0 Å². The summed E-state index contributed by atoms with van der Waals surface area (Å²) in [5.74, 6) is -1.70. The molecule has 0 bridgehead atoms. The van der Waals surface area contributed by atoms with E-state index in [1.807, 2.05) is 47.8 Å². The average Bonchev–Trinajstić information content (AvgIpc) is 3.63. The van der Waals surface area contributed by atoms with E-state index in [0.29, 0.717) is 16.5 Å². The lowest BCUT2D eigenvalue weighted by Crippen LogP contribution is -2.59. The Morgan fingerprint density at radius 3 is 2.40 bits per heavy atom. The zero-order valence-electron chi connectivity index (χ0n) is 23.4. The van der Waals surface area contributed by atoms with E-state index in [2.05, 4.69) is 5.32 Å². The maximum Gasteiger partial charge on any atom is 0.304 e. The number of nitrogens with one attached hydrogen (secondary N) is 1. The van der Waals surface area contributed by atoms with Crippen molar-refractivity contribution in [2.45, 2.75) is 63.1 Å². The molecule has 0 unspecified atom stereocenters. The minimum Gasteiger partial charge on any atom is -0.481 e. The van der Waals surface area contributed by atoms with E-state index in [-0.39, 0.29) is 37.1 Å². The minimum atomic E-state index is -3.76. The zero-order valence-corrected chi connectivity index (χ0v) is 26.6. The smallest absolute Gasteiger partial charge is 0.304 e. The predicted molar refractivity (Wildman–Crippen MR) is 166 cm³/mol. The molecule has 2 heterocycles. The van der Waals surface area contributed by atoms with Gasteiger partial charge in [-0.1, -0.05) is 60.5 Å². The standard InChI is InChI=1S/C31H34Cl2N2O5S2/c1-30(18-28(36)37)16-26(20-5-3-6-24(33)15-20)27(34-29(30)38)17-31(21-8-9-21,22-10-12-23(32)13-11-22)35(42(2,39)40)19-25-7-4-14-41-25/h3-7,10-15,21,26-27H,8-9,16-19H2,1-2H3,(H,34,38)(H,36,37)/t26-,27+,30+,31+/m1/s1. The Labute approximate surface area is 260 Å². The number of halogens is 2. The number of thiophene rings is 1. The highest BCUT2D eigenvalue weighted by molar-refractivity contribution is 7.88. The lowest BCUT2D eigenvalue weighted by Gasteiger charge is -2.49. The lowest BCUT2D eigenvalue weighted by atomic mass is 9.66. The second-order valence-electron chi connectivity index (χ2n) is 11.8. The van der Waals surface area contributed by atoms with Crippen molar-refractivity contribution in [1.82, 2.24) is 9.62 Å². The molecule has 3 aromatic rings. The maximum absolute atomic E-state index is 13.7. The first-order valence-corrected chi connectivity index (χ1v) is 17.3. The van der Waals surface area contributed by atoms with Crippen LogP contribution in [0.25, 0.3) is 0 Å². The number of carbonyl (C=O) groups is 2. The number of hydrogen-bond donors (Lipinski definition) is 2. The normalized spacial score (nSPS) is 24.3. The van der Waals surface area contributed by atoms with Crippen LogP contribution >= 0.6 is 34.5 Å². The summed E-state index contributed by atoms with van der Waals surface area (Å²) < 4.78 is 29.1. The van der Waals surface area contributed by atoms with E-state index in [4.69, 9.17) is 23.2 Å². The number of carboxylic acids is 1. The van der Waals surface area contributed by atoms with Gasteiger partial charge in [-0.3, -0.25) is 9.59 Å². The fourth-order valence-electron chi connectivity index (χ4n) is 6.63. The molecule has 1 amide bonds.